The van der Waals surface area contributed by atoms with Crippen LogP contribution in [0.5, 0.6) is 5.75 Å². The van der Waals surface area contributed by atoms with Crippen LogP contribution in [0.25, 0.3) is 11.0 Å². The molecule has 0 fully saturated rings. The number of aromatic nitrogens is 5. The number of fused-ring (bicyclic) bond motifs is 1. The SMILES string of the molecule is O=C(O)c1ccc(OCCn2ncc3nc(Cl)[nH]c(=O)c32)cn1. The van der Waals surface area contributed by atoms with E-state index in [2.05, 4.69) is 20.1 Å². The molecule has 118 valence electrons. The standard InChI is InChI=1S/C13H10ClN5O4/c14-13-17-9-6-16-19(10(9)11(20)18-13)3-4-23-7-1-2-8(12(21)22)15-5-7/h1-2,5-6H,3-4H2,(H,21,22)(H,17,18,20). The molecule has 3 aromatic rings. The number of hydrogen-bond acceptors (Lipinski definition) is 6. The number of ether oxygens (including phenoxy) is 1. The summed E-state index contributed by atoms with van der Waals surface area (Å²) in [7, 11) is 0. The molecule has 3 rings (SSSR count). The maximum atomic E-state index is 11.9. The predicted molar refractivity (Wildman–Crippen MR) is 79.9 cm³/mol. The molecule has 0 aromatic carbocycles. The zero-order valence-electron chi connectivity index (χ0n) is 11.6. The van der Waals surface area contributed by atoms with Crippen LogP contribution in [0.3, 0.4) is 0 Å². The molecule has 10 heteroatoms. The highest BCUT2D eigenvalue weighted by Gasteiger charge is 2.10. The van der Waals surface area contributed by atoms with Crippen LogP contribution >= 0.6 is 11.6 Å². The highest BCUT2D eigenvalue weighted by molar-refractivity contribution is 6.28. The maximum absolute atomic E-state index is 11.9. The number of carboxylic acid groups (broad SMARTS) is 1. The third-order valence-corrected chi connectivity index (χ3v) is 3.18. The van der Waals surface area contributed by atoms with Gasteiger partial charge in [0.1, 0.15) is 23.6 Å². The molecular weight excluding hydrogens is 326 g/mol. The number of aromatic amines is 1. The molecule has 0 aliphatic carbocycles. The molecule has 0 bridgehead atoms. The summed E-state index contributed by atoms with van der Waals surface area (Å²) >= 11 is 5.68. The molecule has 0 aliphatic heterocycles. The molecular formula is C13H10ClN5O4. The lowest BCUT2D eigenvalue weighted by Gasteiger charge is -2.06. The normalized spacial score (nSPS) is 10.8. The fourth-order valence-electron chi connectivity index (χ4n) is 1.99. The molecule has 0 aliphatic rings. The van der Waals surface area contributed by atoms with Gasteiger partial charge in [0.15, 0.2) is 5.52 Å². The maximum Gasteiger partial charge on any atom is 0.354 e. The Morgan fingerprint density at radius 2 is 2.22 bits per heavy atom. The van der Waals surface area contributed by atoms with Crippen molar-refractivity contribution >= 4 is 28.6 Å². The molecule has 23 heavy (non-hydrogen) atoms. The molecule has 2 N–H and O–H groups in total. The van der Waals surface area contributed by atoms with Gasteiger partial charge >= 0.3 is 5.97 Å². The quantitative estimate of drug-likeness (QED) is 0.665. The Balaban J connectivity index is 1.69. The van der Waals surface area contributed by atoms with E-state index in [0.29, 0.717) is 23.3 Å². The van der Waals surface area contributed by atoms with Crippen molar-refractivity contribution in [2.24, 2.45) is 0 Å². The van der Waals surface area contributed by atoms with Crippen LogP contribution < -0.4 is 10.3 Å². The summed E-state index contributed by atoms with van der Waals surface area (Å²) in [6.07, 6.45) is 2.76. The van der Waals surface area contributed by atoms with E-state index in [1.165, 1.54) is 29.2 Å². The van der Waals surface area contributed by atoms with Crippen LogP contribution in [0.4, 0.5) is 0 Å². The fourth-order valence-corrected chi connectivity index (χ4v) is 2.17. The number of halogens is 1. The van der Waals surface area contributed by atoms with E-state index >= 15 is 0 Å². The molecule has 0 saturated carbocycles. The number of rotatable bonds is 5. The molecule has 0 atom stereocenters. The summed E-state index contributed by atoms with van der Waals surface area (Å²) in [5.74, 6) is -0.688. The summed E-state index contributed by atoms with van der Waals surface area (Å²) < 4.78 is 6.91. The Hall–Kier alpha value is -2.94. The van der Waals surface area contributed by atoms with Gasteiger partial charge in [-0.25, -0.2) is 14.8 Å². The zero-order chi connectivity index (χ0) is 16.4. The highest BCUT2D eigenvalue weighted by atomic mass is 35.5. The van der Waals surface area contributed by atoms with Crippen LogP contribution in [-0.4, -0.2) is 42.4 Å². The summed E-state index contributed by atoms with van der Waals surface area (Å²) in [6.45, 7) is 0.517. The minimum Gasteiger partial charge on any atom is -0.490 e. The Morgan fingerprint density at radius 3 is 2.91 bits per heavy atom. The summed E-state index contributed by atoms with van der Waals surface area (Å²) in [4.78, 5) is 32.7. The van der Waals surface area contributed by atoms with Crippen molar-refractivity contribution in [3.63, 3.8) is 0 Å². The van der Waals surface area contributed by atoms with Gasteiger partial charge < -0.3 is 9.84 Å². The monoisotopic (exact) mass is 335 g/mol. The highest BCUT2D eigenvalue weighted by Crippen LogP contribution is 2.11. The minimum absolute atomic E-state index is 0.00268. The number of carbonyl (C=O) groups is 1. The van der Waals surface area contributed by atoms with Gasteiger partial charge in [-0.05, 0) is 23.7 Å². The second-order valence-corrected chi connectivity index (χ2v) is 4.85. The number of H-pyrrole nitrogens is 1. The van der Waals surface area contributed by atoms with E-state index in [4.69, 9.17) is 21.4 Å². The third-order valence-electron chi connectivity index (χ3n) is 3.00. The van der Waals surface area contributed by atoms with Crippen molar-refractivity contribution in [3.8, 4) is 5.75 Å². The topological polar surface area (TPSA) is 123 Å². The van der Waals surface area contributed by atoms with E-state index in [0.717, 1.165) is 0 Å². The second kappa shape index (κ2) is 6.05. The molecule has 0 radical (unpaired) electrons. The first kappa shape index (κ1) is 15.0. The van der Waals surface area contributed by atoms with Gasteiger partial charge in [-0.2, -0.15) is 5.10 Å². The largest absolute Gasteiger partial charge is 0.490 e. The Labute approximate surface area is 133 Å². The molecule has 0 spiro atoms. The van der Waals surface area contributed by atoms with Gasteiger partial charge in [-0.15, -0.1) is 0 Å². The first-order valence-electron chi connectivity index (χ1n) is 6.48. The van der Waals surface area contributed by atoms with Gasteiger partial charge in [0.05, 0.1) is 18.9 Å². The van der Waals surface area contributed by atoms with Gasteiger partial charge in [-0.3, -0.25) is 14.5 Å². The summed E-state index contributed by atoms with van der Waals surface area (Å²) in [6, 6.07) is 2.85. The lowest BCUT2D eigenvalue weighted by Crippen LogP contribution is -2.16. The Morgan fingerprint density at radius 1 is 1.39 bits per heavy atom. The van der Waals surface area contributed by atoms with E-state index in [1.807, 2.05) is 0 Å². The number of carboxylic acids is 1. The van der Waals surface area contributed by atoms with Crippen molar-refractivity contribution in [3.05, 3.63) is 45.9 Å². The van der Waals surface area contributed by atoms with Gasteiger partial charge in [0.2, 0.25) is 5.28 Å². The predicted octanol–water partition coefficient (Wildman–Crippen LogP) is 0.945. The molecule has 0 unspecified atom stereocenters. The molecule has 3 aromatic heterocycles. The molecule has 0 saturated heterocycles. The van der Waals surface area contributed by atoms with Crippen LogP contribution in [0.15, 0.2) is 29.3 Å². The van der Waals surface area contributed by atoms with Crippen molar-refractivity contribution < 1.29 is 14.6 Å². The van der Waals surface area contributed by atoms with E-state index in [1.54, 1.807) is 0 Å². The Bertz CT molecular complexity index is 918. The van der Waals surface area contributed by atoms with Crippen molar-refractivity contribution in [2.45, 2.75) is 6.54 Å². The molecule has 0 amide bonds. The van der Waals surface area contributed by atoms with Gasteiger partial charge in [0, 0.05) is 0 Å². The molecule has 3 heterocycles. The van der Waals surface area contributed by atoms with E-state index in [9.17, 15) is 9.59 Å². The first-order valence-corrected chi connectivity index (χ1v) is 6.86. The van der Waals surface area contributed by atoms with Gasteiger partial charge in [0.25, 0.3) is 5.56 Å². The third kappa shape index (κ3) is 3.14. The number of nitrogens with zero attached hydrogens (tertiary/aromatic N) is 4. The van der Waals surface area contributed by atoms with Crippen LogP contribution in [0.2, 0.25) is 5.28 Å². The number of aromatic carboxylic acids is 1. The molecule has 9 nitrogen and oxygen atoms in total. The average molecular weight is 336 g/mol. The van der Waals surface area contributed by atoms with E-state index in [-0.39, 0.29) is 23.1 Å². The second-order valence-electron chi connectivity index (χ2n) is 4.49. The van der Waals surface area contributed by atoms with Crippen LogP contribution in [-0.2, 0) is 6.54 Å². The van der Waals surface area contributed by atoms with Crippen molar-refractivity contribution in [2.75, 3.05) is 6.61 Å². The number of hydrogen-bond donors (Lipinski definition) is 2. The van der Waals surface area contributed by atoms with Crippen LogP contribution in [0, 0.1) is 0 Å². The lowest BCUT2D eigenvalue weighted by molar-refractivity contribution is 0.0690. The first-order chi connectivity index (χ1) is 11.0. The average Bonchev–Trinajstić information content (AvgIpc) is 2.91. The number of pyridine rings is 1. The lowest BCUT2D eigenvalue weighted by atomic mass is 10.3. The van der Waals surface area contributed by atoms with Gasteiger partial charge in [-0.1, -0.05) is 0 Å². The fraction of sp³-hybridized carbons (Fsp3) is 0.154. The smallest absolute Gasteiger partial charge is 0.354 e. The van der Waals surface area contributed by atoms with Crippen LogP contribution in [0.1, 0.15) is 10.5 Å². The summed E-state index contributed by atoms with van der Waals surface area (Å²) in [5.41, 5.74) is 0.249. The zero-order valence-corrected chi connectivity index (χ0v) is 12.3. The number of nitrogens with one attached hydrogen (secondary N) is 1. The minimum atomic E-state index is -1.11. The Kier molecular flexibility index (Phi) is 3.94. The summed E-state index contributed by atoms with van der Waals surface area (Å²) in [5, 5.41) is 12.8. The van der Waals surface area contributed by atoms with Crippen molar-refractivity contribution in [1.29, 1.82) is 0 Å². The van der Waals surface area contributed by atoms with E-state index < -0.39 is 5.97 Å². The van der Waals surface area contributed by atoms with Crippen molar-refractivity contribution in [1.82, 2.24) is 24.7 Å².